The number of piperazine rings is 1. The predicted octanol–water partition coefficient (Wildman–Crippen LogP) is 4.78. The standard InChI is InChI=1S/C24H29N3/c1-25-13-15-26(16-14-25)22-10-9-21-11-12-27(24(21)18-22)23(17-19-7-8-19)20-5-3-2-4-6-20/h2-6,9-12,18-19,23H,7-8,13-17H2,1H3. The lowest BCUT2D eigenvalue weighted by Gasteiger charge is -2.34. The molecule has 2 aromatic carbocycles. The number of benzene rings is 2. The first-order valence-electron chi connectivity index (χ1n) is 10.4. The molecule has 1 unspecified atom stereocenters. The number of anilines is 1. The topological polar surface area (TPSA) is 11.4 Å². The predicted molar refractivity (Wildman–Crippen MR) is 114 cm³/mol. The van der Waals surface area contributed by atoms with E-state index in [-0.39, 0.29) is 0 Å². The molecule has 27 heavy (non-hydrogen) atoms. The molecule has 5 rings (SSSR count). The fraction of sp³-hybridized carbons (Fsp3) is 0.417. The Bertz CT molecular complexity index is 902. The fourth-order valence-electron chi connectivity index (χ4n) is 4.43. The van der Waals surface area contributed by atoms with E-state index in [0.717, 1.165) is 32.1 Å². The zero-order valence-corrected chi connectivity index (χ0v) is 16.2. The third kappa shape index (κ3) is 3.49. The molecule has 1 aliphatic heterocycles. The van der Waals surface area contributed by atoms with Gasteiger partial charge in [-0.3, -0.25) is 0 Å². The van der Waals surface area contributed by atoms with E-state index in [1.54, 1.807) is 0 Å². The van der Waals surface area contributed by atoms with Crippen LogP contribution >= 0.6 is 0 Å². The second kappa shape index (κ2) is 7.05. The third-order valence-corrected chi connectivity index (χ3v) is 6.35. The molecule has 0 N–H and O–H groups in total. The molecule has 3 aromatic rings. The van der Waals surface area contributed by atoms with E-state index in [1.807, 2.05) is 0 Å². The summed E-state index contributed by atoms with van der Waals surface area (Å²) in [4.78, 5) is 4.95. The molecule has 2 heterocycles. The quantitative estimate of drug-likeness (QED) is 0.649. The molecule has 3 nitrogen and oxygen atoms in total. The molecule has 2 fully saturated rings. The van der Waals surface area contributed by atoms with E-state index in [0.29, 0.717) is 6.04 Å². The summed E-state index contributed by atoms with van der Waals surface area (Å²) in [6.07, 6.45) is 6.36. The summed E-state index contributed by atoms with van der Waals surface area (Å²) >= 11 is 0. The van der Waals surface area contributed by atoms with Crippen LogP contribution in [0.3, 0.4) is 0 Å². The molecular weight excluding hydrogens is 330 g/mol. The van der Waals surface area contributed by atoms with Crippen molar-refractivity contribution >= 4 is 16.6 Å². The number of rotatable bonds is 5. The average Bonchev–Trinajstić information content (AvgIpc) is 3.44. The van der Waals surface area contributed by atoms with Crippen molar-refractivity contribution in [2.24, 2.45) is 5.92 Å². The van der Waals surface area contributed by atoms with Crippen molar-refractivity contribution in [3.8, 4) is 0 Å². The fourth-order valence-corrected chi connectivity index (χ4v) is 4.43. The van der Waals surface area contributed by atoms with Crippen molar-refractivity contribution in [1.82, 2.24) is 9.47 Å². The third-order valence-electron chi connectivity index (χ3n) is 6.35. The highest BCUT2D eigenvalue weighted by Gasteiger charge is 2.28. The van der Waals surface area contributed by atoms with Crippen LogP contribution in [0.1, 0.15) is 30.9 Å². The Morgan fingerprint density at radius 2 is 1.70 bits per heavy atom. The van der Waals surface area contributed by atoms with Gasteiger partial charge in [0.05, 0.1) is 11.6 Å². The maximum Gasteiger partial charge on any atom is 0.0588 e. The smallest absolute Gasteiger partial charge is 0.0588 e. The summed E-state index contributed by atoms with van der Waals surface area (Å²) in [5.41, 5.74) is 4.18. The lowest BCUT2D eigenvalue weighted by molar-refractivity contribution is 0.313. The minimum Gasteiger partial charge on any atom is -0.369 e. The van der Waals surface area contributed by atoms with E-state index in [9.17, 15) is 0 Å². The lowest BCUT2D eigenvalue weighted by Crippen LogP contribution is -2.44. The van der Waals surface area contributed by atoms with Gasteiger partial charge in [-0.15, -0.1) is 0 Å². The number of hydrogen-bond donors (Lipinski definition) is 0. The van der Waals surface area contributed by atoms with Gasteiger partial charge in [-0.1, -0.05) is 49.2 Å². The summed E-state index contributed by atoms with van der Waals surface area (Å²) in [5, 5.41) is 1.35. The number of fused-ring (bicyclic) bond motifs is 1. The molecule has 1 aromatic heterocycles. The van der Waals surface area contributed by atoms with E-state index in [2.05, 4.69) is 82.2 Å². The van der Waals surface area contributed by atoms with Crippen LogP contribution in [0, 0.1) is 5.92 Å². The van der Waals surface area contributed by atoms with Crippen LogP contribution in [0.4, 0.5) is 5.69 Å². The summed E-state index contributed by atoms with van der Waals surface area (Å²) in [6.45, 7) is 4.53. The van der Waals surface area contributed by atoms with Crippen LogP contribution in [0.25, 0.3) is 10.9 Å². The van der Waals surface area contributed by atoms with Crippen LogP contribution in [0.2, 0.25) is 0 Å². The van der Waals surface area contributed by atoms with Crippen LogP contribution in [-0.2, 0) is 0 Å². The minimum atomic E-state index is 0.443. The molecule has 0 bridgehead atoms. The Balaban J connectivity index is 1.52. The van der Waals surface area contributed by atoms with Gasteiger partial charge < -0.3 is 14.4 Å². The van der Waals surface area contributed by atoms with Gasteiger partial charge in [-0.05, 0) is 48.5 Å². The SMILES string of the molecule is CN1CCN(c2ccc3ccn(C(CC4CC4)c4ccccc4)c3c2)CC1. The molecule has 3 heteroatoms. The minimum absolute atomic E-state index is 0.443. The van der Waals surface area contributed by atoms with Crippen molar-refractivity contribution in [1.29, 1.82) is 0 Å². The Morgan fingerprint density at radius 1 is 0.926 bits per heavy atom. The van der Waals surface area contributed by atoms with Crippen molar-refractivity contribution in [2.45, 2.75) is 25.3 Å². The number of aromatic nitrogens is 1. The average molecular weight is 360 g/mol. The van der Waals surface area contributed by atoms with E-state index in [4.69, 9.17) is 0 Å². The maximum absolute atomic E-state index is 2.54. The molecule has 1 saturated heterocycles. The summed E-state index contributed by atoms with van der Waals surface area (Å²) < 4.78 is 2.53. The van der Waals surface area contributed by atoms with Gasteiger partial charge in [0.1, 0.15) is 0 Å². The second-order valence-corrected chi connectivity index (χ2v) is 8.36. The van der Waals surface area contributed by atoms with Gasteiger partial charge in [0.25, 0.3) is 0 Å². The van der Waals surface area contributed by atoms with E-state index < -0.39 is 0 Å². The highest BCUT2D eigenvalue weighted by molar-refractivity contribution is 5.84. The molecule has 1 saturated carbocycles. The normalized spacial score (nSPS) is 19.5. The number of hydrogen-bond acceptors (Lipinski definition) is 2. The van der Waals surface area contributed by atoms with Crippen molar-refractivity contribution < 1.29 is 0 Å². The Kier molecular flexibility index (Phi) is 4.41. The van der Waals surface area contributed by atoms with Crippen LogP contribution in [-0.4, -0.2) is 42.7 Å². The highest BCUT2D eigenvalue weighted by atomic mass is 15.2. The van der Waals surface area contributed by atoms with Gasteiger partial charge in [-0.2, -0.15) is 0 Å². The zero-order chi connectivity index (χ0) is 18.2. The molecule has 1 atom stereocenters. The Labute approximate surface area is 162 Å². The second-order valence-electron chi connectivity index (χ2n) is 8.36. The van der Waals surface area contributed by atoms with Crippen molar-refractivity contribution in [2.75, 3.05) is 38.1 Å². The first-order valence-corrected chi connectivity index (χ1v) is 10.4. The van der Waals surface area contributed by atoms with Crippen LogP contribution in [0.5, 0.6) is 0 Å². The first-order chi connectivity index (χ1) is 13.3. The molecule has 2 aliphatic rings. The van der Waals surface area contributed by atoms with Crippen molar-refractivity contribution in [3.63, 3.8) is 0 Å². The summed E-state index contributed by atoms with van der Waals surface area (Å²) in [7, 11) is 2.22. The Morgan fingerprint density at radius 3 is 2.44 bits per heavy atom. The number of likely N-dealkylation sites (N-methyl/N-ethyl adjacent to an activating group) is 1. The zero-order valence-electron chi connectivity index (χ0n) is 16.2. The Hall–Kier alpha value is -2.26. The molecule has 0 spiro atoms. The first kappa shape index (κ1) is 16.9. The van der Waals surface area contributed by atoms with E-state index >= 15 is 0 Å². The molecule has 140 valence electrons. The maximum atomic E-state index is 2.54. The molecular formula is C24H29N3. The lowest BCUT2D eigenvalue weighted by atomic mass is 10.0. The largest absolute Gasteiger partial charge is 0.369 e. The van der Waals surface area contributed by atoms with E-state index in [1.165, 1.54) is 41.4 Å². The van der Waals surface area contributed by atoms with Gasteiger partial charge in [-0.25, -0.2) is 0 Å². The molecule has 1 aliphatic carbocycles. The van der Waals surface area contributed by atoms with Gasteiger partial charge in [0, 0.05) is 38.1 Å². The van der Waals surface area contributed by atoms with Crippen LogP contribution in [0.15, 0.2) is 60.8 Å². The summed E-state index contributed by atoms with van der Waals surface area (Å²) in [5.74, 6) is 0.897. The van der Waals surface area contributed by atoms with Crippen molar-refractivity contribution in [3.05, 3.63) is 66.4 Å². The molecule has 0 radical (unpaired) electrons. The van der Waals surface area contributed by atoms with Crippen LogP contribution < -0.4 is 4.90 Å². The van der Waals surface area contributed by atoms with Gasteiger partial charge >= 0.3 is 0 Å². The number of nitrogens with zero attached hydrogens (tertiary/aromatic N) is 3. The van der Waals surface area contributed by atoms with Gasteiger partial charge in [0.15, 0.2) is 0 Å². The van der Waals surface area contributed by atoms with Gasteiger partial charge in [0.2, 0.25) is 0 Å². The summed E-state index contributed by atoms with van der Waals surface area (Å²) in [6, 6.07) is 20.8. The molecule has 0 amide bonds. The highest BCUT2D eigenvalue weighted by Crippen LogP contribution is 2.40. The monoisotopic (exact) mass is 359 g/mol.